The molecule has 8 nitrogen and oxygen atoms in total. The van der Waals surface area contributed by atoms with Crippen molar-refractivity contribution >= 4 is 41.5 Å². The Balaban J connectivity index is 1.42. The second-order valence-electron chi connectivity index (χ2n) is 11.0. The molecule has 5 rings (SSSR count). The molecule has 0 radical (unpaired) electrons. The first-order valence-corrected chi connectivity index (χ1v) is 16.0. The molecule has 1 N–H and O–H groups in total. The van der Waals surface area contributed by atoms with Gasteiger partial charge < -0.3 is 14.8 Å². The van der Waals surface area contributed by atoms with E-state index in [2.05, 4.69) is 10.3 Å². The summed E-state index contributed by atoms with van der Waals surface area (Å²) in [6, 6.07) is 22.1. The van der Waals surface area contributed by atoms with Crippen LogP contribution in [0.1, 0.15) is 43.6 Å². The third-order valence-electron chi connectivity index (χ3n) is 6.66. The molecule has 1 fully saturated rings. The van der Waals surface area contributed by atoms with Gasteiger partial charge in [-0.1, -0.05) is 60.7 Å². The Labute approximate surface area is 259 Å². The van der Waals surface area contributed by atoms with Gasteiger partial charge in [-0.2, -0.15) is 0 Å². The Hall–Kier alpha value is -4.02. The highest BCUT2D eigenvalue weighted by Gasteiger charge is 2.54. The van der Waals surface area contributed by atoms with E-state index in [1.807, 2.05) is 84.3 Å². The monoisotopic (exact) mass is 615 g/mol. The Morgan fingerprint density at radius 3 is 2.28 bits per heavy atom. The average Bonchev–Trinajstić information content (AvgIpc) is 3.00. The van der Waals surface area contributed by atoms with Crippen molar-refractivity contribution in [3.63, 3.8) is 0 Å². The maximum atomic E-state index is 14.0. The Kier molecular flexibility index (Phi) is 9.57. The van der Waals surface area contributed by atoms with E-state index in [0.717, 1.165) is 22.4 Å². The second-order valence-corrected chi connectivity index (χ2v) is 13.0. The lowest BCUT2D eigenvalue weighted by Crippen LogP contribution is -2.70. The number of alkyl carbamates (subject to hydrolysis) is 1. The fraction of sp³-hybridized carbons (Fsp3) is 0.273. The van der Waals surface area contributed by atoms with Gasteiger partial charge in [-0.05, 0) is 66.7 Å². The molecule has 0 saturated carbocycles. The first-order valence-electron chi connectivity index (χ1n) is 13.9. The van der Waals surface area contributed by atoms with Crippen LogP contribution in [0.15, 0.2) is 108 Å². The number of carbonyl (C=O) groups excluding carboxylic acids is 3. The number of pyridine rings is 1. The van der Waals surface area contributed by atoms with Crippen LogP contribution in [0.2, 0.25) is 0 Å². The number of allylic oxidation sites excluding steroid dienone is 1. The predicted molar refractivity (Wildman–Crippen MR) is 169 cm³/mol. The van der Waals surface area contributed by atoms with E-state index in [-0.39, 0.29) is 11.6 Å². The van der Waals surface area contributed by atoms with Crippen LogP contribution in [-0.4, -0.2) is 50.6 Å². The number of aromatic nitrogens is 1. The summed E-state index contributed by atoms with van der Waals surface area (Å²) in [5.74, 6) is 0.197. The zero-order valence-corrected chi connectivity index (χ0v) is 25.8. The number of fused-ring (bicyclic) bond motifs is 1. The van der Waals surface area contributed by atoms with Crippen LogP contribution in [0.4, 0.5) is 4.79 Å². The summed E-state index contributed by atoms with van der Waals surface area (Å²) < 4.78 is 11.6. The van der Waals surface area contributed by atoms with Crippen molar-refractivity contribution in [2.45, 2.75) is 49.6 Å². The van der Waals surface area contributed by atoms with Gasteiger partial charge in [0.15, 0.2) is 6.10 Å². The van der Waals surface area contributed by atoms with E-state index in [1.165, 1.54) is 16.7 Å². The molecule has 43 heavy (non-hydrogen) atoms. The first-order chi connectivity index (χ1) is 20.7. The topological polar surface area (TPSA) is 97.8 Å². The van der Waals surface area contributed by atoms with Crippen molar-refractivity contribution in [3.05, 3.63) is 125 Å². The molecule has 2 aliphatic rings. The Morgan fingerprint density at radius 1 is 1.05 bits per heavy atom. The van der Waals surface area contributed by atoms with Crippen LogP contribution >= 0.6 is 23.5 Å². The van der Waals surface area contributed by atoms with E-state index in [9.17, 15) is 14.4 Å². The smallest absolute Gasteiger partial charge is 0.408 e. The average molecular weight is 616 g/mol. The number of nitrogens with zero attached hydrogens (tertiary/aromatic N) is 2. The normalized spacial score (nSPS) is 18.3. The second kappa shape index (κ2) is 13.5. The molecule has 1 aromatic heterocycles. The summed E-state index contributed by atoms with van der Waals surface area (Å²) in [6.45, 7) is 5.28. The number of ether oxygens (including phenoxy) is 2. The lowest BCUT2D eigenvalue weighted by atomic mass is 10.0. The van der Waals surface area contributed by atoms with Crippen LogP contribution < -0.4 is 5.32 Å². The van der Waals surface area contributed by atoms with Crippen molar-refractivity contribution in [2.24, 2.45) is 0 Å². The van der Waals surface area contributed by atoms with E-state index >= 15 is 0 Å². The quantitative estimate of drug-likeness (QED) is 0.224. The zero-order chi connectivity index (χ0) is 30.4. The molecule has 3 heterocycles. The minimum absolute atomic E-state index is 0.189. The molecule has 2 aliphatic heterocycles. The number of amides is 2. The molecule has 3 aromatic rings. The van der Waals surface area contributed by atoms with Crippen molar-refractivity contribution in [3.8, 4) is 0 Å². The van der Waals surface area contributed by atoms with E-state index in [0.29, 0.717) is 11.3 Å². The predicted octanol–water partition coefficient (Wildman–Crippen LogP) is 6.22. The fourth-order valence-electron chi connectivity index (χ4n) is 4.70. The highest BCUT2D eigenvalue weighted by Crippen LogP contribution is 2.42. The third-order valence-corrected chi connectivity index (χ3v) is 8.79. The highest BCUT2D eigenvalue weighted by molar-refractivity contribution is 8.01. The van der Waals surface area contributed by atoms with Crippen LogP contribution in [0, 0.1) is 0 Å². The van der Waals surface area contributed by atoms with E-state index in [1.54, 1.807) is 44.9 Å². The molecule has 0 spiro atoms. The minimum atomic E-state index is -0.812. The van der Waals surface area contributed by atoms with E-state index < -0.39 is 35.2 Å². The van der Waals surface area contributed by atoms with Crippen molar-refractivity contribution < 1.29 is 23.9 Å². The van der Waals surface area contributed by atoms with Gasteiger partial charge in [0.1, 0.15) is 22.7 Å². The molecular formula is C33H33N3O5S2. The van der Waals surface area contributed by atoms with Crippen LogP contribution in [0.3, 0.4) is 0 Å². The highest BCUT2D eigenvalue weighted by atomic mass is 32.2. The first kappa shape index (κ1) is 30.4. The minimum Gasteiger partial charge on any atom is -0.448 e. The molecule has 2 aromatic carbocycles. The summed E-state index contributed by atoms with van der Waals surface area (Å²) in [4.78, 5) is 45.5. The summed E-state index contributed by atoms with van der Waals surface area (Å²) in [6.07, 6.45) is 4.02. The number of hydrogen-bond donors (Lipinski definition) is 1. The van der Waals surface area contributed by atoms with Gasteiger partial charge >= 0.3 is 12.1 Å². The van der Waals surface area contributed by atoms with Gasteiger partial charge in [-0.15, -0.1) is 23.5 Å². The number of β-lactam (4-membered cyclic amide) rings is 1. The molecule has 0 bridgehead atoms. The van der Waals surface area contributed by atoms with Gasteiger partial charge in [0.25, 0.3) is 5.91 Å². The van der Waals surface area contributed by atoms with Crippen molar-refractivity contribution in [1.82, 2.24) is 15.2 Å². The standard InChI is InChI=1S/C33H33N3O5S2/c1-33(2,3)41-32(39)35-26-29(37)36-27(25(21-43-30(26)36)16-19-42-20-22-14-17-34-18-15-22)31(38)40-28(23-10-6-4-7-11-23)24-12-8-5-9-13-24/h4-19,26,28,30H,20-21H2,1-3H3,(H,35,39)/b19-16+/t26-,30-/m1/s1. The maximum absolute atomic E-state index is 14.0. The molecule has 0 aliphatic carbocycles. The largest absolute Gasteiger partial charge is 0.448 e. The van der Waals surface area contributed by atoms with Gasteiger partial charge in [-0.25, -0.2) is 9.59 Å². The van der Waals surface area contributed by atoms with E-state index in [4.69, 9.17) is 9.47 Å². The molecule has 2 atom stereocenters. The Bertz CT molecular complexity index is 1470. The SMILES string of the molecule is CC(C)(C)OC(=O)N[C@@H]1C(=O)N2C(C(=O)OC(c3ccccc3)c3ccccc3)=C(/C=C/SCc3ccncc3)CS[C@H]12. The molecule has 1 saturated heterocycles. The fourth-order valence-corrected chi connectivity index (χ4v) is 6.76. The number of carbonyl (C=O) groups is 3. The molecule has 0 unspecified atom stereocenters. The number of hydrogen-bond acceptors (Lipinski definition) is 8. The summed E-state index contributed by atoms with van der Waals surface area (Å²) in [7, 11) is 0. The van der Waals surface area contributed by atoms with Crippen molar-refractivity contribution in [1.29, 1.82) is 0 Å². The third kappa shape index (κ3) is 7.50. The molecule has 10 heteroatoms. The summed E-state index contributed by atoms with van der Waals surface area (Å²) in [5, 5.41) is 4.15. The van der Waals surface area contributed by atoms with Crippen LogP contribution in [0.25, 0.3) is 0 Å². The number of nitrogens with one attached hydrogen (secondary N) is 1. The molecule has 2 amide bonds. The molecular weight excluding hydrogens is 583 g/mol. The Morgan fingerprint density at radius 2 is 1.67 bits per heavy atom. The van der Waals surface area contributed by atoms with Gasteiger partial charge in [0.05, 0.1) is 0 Å². The van der Waals surface area contributed by atoms with Gasteiger partial charge in [0.2, 0.25) is 0 Å². The van der Waals surface area contributed by atoms with Crippen LogP contribution in [-0.2, 0) is 24.8 Å². The summed E-state index contributed by atoms with van der Waals surface area (Å²) >= 11 is 3.06. The number of benzene rings is 2. The summed E-state index contributed by atoms with van der Waals surface area (Å²) in [5.41, 5.74) is 2.91. The number of thioether (sulfide) groups is 2. The van der Waals surface area contributed by atoms with Crippen LogP contribution in [0.5, 0.6) is 0 Å². The number of esters is 1. The lowest BCUT2D eigenvalue weighted by molar-refractivity contribution is -0.153. The maximum Gasteiger partial charge on any atom is 0.408 e. The van der Waals surface area contributed by atoms with Crippen molar-refractivity contribution in [2.75, 3.05) is 5.75 Å². The van der Waals surface area contributed by atoms with Gasteiger partial charge in [0, 0.05) is 23.9 Å². The zero-order valence-electron chi connectivity index (χ0n) is 24.1. The lowest BCUT2D eigenvalue weighted by Gasteiger charge is -2.49. The van der Waals surface area contributed by atoms with Gasteiger partial charge in [-0.3, -0.25) is 14.7 Å². The number of rotatable bonds is 9. The molecule has 222 valence electrons.